The molecule has 6 heteroatoms. The summed E-state index contributed by atoms with van der Waals surface area (Å²) >= 11 is 0. The number of phenols is 1. The van der Waals surface area contributed by atoms with E-state index in [0.29, 0.717) is 24.9 Å². The minimum atomic E-state index is 0.0807. The Kier molecular flexibility index (Phi) is 5.82. The Labute approximate surface area is 135 Å². The van der Waals surface area contributed by atoms with Crippen molar-refractivity contribution in [1.29, 1.82) is 0 Å². The van der Waals surface area contributed by atoms with Crippen LogP contribution in [0.15, 0.2) is 47.5 Å². The summed E-state index contributed by atoms with van der Waals surface area (Å²) in [4.78, 5) is 4.28. The number of phenolic OH excluding ortho intramolecular Hbond substituents is 1. The second-order valence-corrected chi connectivity index (χ2v) is 4.92. The Hall–Kier alpha value is -2.73. The first-order valence-corrected chi connectivity index (χ1v) is 7.13. The highest BCUT2D eigenvalue weighted by molar-refractivity contribution is 5.92. The van der Waals surface area contributed by atoms with Gasteiger partial charge >= 0.3 is 0 Å². The summed E-state index contributed by atoms with van der Waals surface area (Å²) in [6, 6.07) is 12.8. The molecule has 2 rings (SSSR count). The van der Waals surface area contributed by atoms with Crippen LogP contribution < -0.4 is 15.8 Å². The lowest BCUT2D eigenvalue weighted by Crippen LogP contribution is -2.23. The molecule has 0 unspecified atom stereocenters. The zero-order valence-corrected chi connectivity index (χ0v) is 13.2. The molecule has 0 heterocycles. The first-order chi connectivity index (χ1) is 11.1. The topological polar surface area (TPSA) is 89.1 Å². The minimum absolute atomic E-state index is 0.0807. The molecule has 0 saturated heterocycles. The normalized spacial score (nSPS) is 11.3. The van der Waals surface area contributed by atoms with Gasteiger partial charge in [0.15, 0.2) is 17.5 Å². The lowest BCUT2D eigenvalue weighted by atomic mass is 10.2. The number of ether oxygens (including phenoxy) is 2. The maximum Gasteiger partial charge on any atom is 0.193 e. The van der Waals surface area contributed by atoms with Crippen LogP contribution in [0.1, 0.15) is 11.1 Å². The van der Waals surface area contributed by atoms with Gasteiger partial charge in [-0.15, -0.1) is 0 Å². The predicted molar refractivity (Wildman–Crippen MR) is 90.8 cm³/mol. The molecular formula is C17H21N3O3. The molecule has 0 fully saturated rings. The van der Waals surface area contributed by atoms with Gasteiger partial charge in [0.05, 0.1) is 20.3 Å². The van der Waals surface area contributed by atoms with Gasteiger partial charge in [0.2, 0.25) is 0 Å². The third-order valence-corrected chi connectivity index (χ3v) is 3.26. The average molecular weight is 315 g/mol. The molecule has 0 aromatic heterocycles. The maximum atomic E-state index is 9.75. The number of nitrogens with one attached hydrogen (secondary N) is 1. The summed E-state index contributed by atoms with van der Waals surface area (Å²) < 4.78 is 10.2. The molecule has 0 amide bonds. The number of guanidine groups is 1. The Morgan fingerprint density at radius 1 is 1.22 bits per heavy atom. The molecule has 2 aromatic rings. The summed E-state index contributed by atoms with van der Waals surface area (Å²) in [6.45, 7) is 0.839. The number of rotatable bonds is 6. The van der Waals surface area contributed by atoms with Gasteiger partial charge in [0.25, 0.3) is 0 Å². The monoisotopic (exact) mass is 315 g/mol. The van der Waals surface area contributed by atoms with Gasteiger partial charge in [-0.2, -0.15) is 0 Å². The van der Waals surface area contributed by atoms with Crippen LogP contribution in [0.2, 0.25) is 0 Å². The fourth-order valence-corrected chi connectivity index (χ4v) is 2.11. The van der Waals surface area contributed by atoms with Crippen molar-refractivity contribution in [2.24, 2.45) is 10.7 Å². The second kappa shape index (κ2) is 8.05. The molecular weight excluding hydrogens is 294 g/mol. The van der Waals surface area contributed by atoms with Crippen LogP contribution in [0.25, 0.3) is 0 Å². The quantitative estimate of drug-likeness (QED) is 0.563. The standard InChI is InChI=1S/C17H21N3O3/c1-22-11-13-5-3-4-6-14(13)20-17(18)19-10-12-7-8-16(23-2)15(21)9-12/h3-9,21H,10-11H2,1-2H3,(H3,18,19,20). The Morgan fingerprint density at radius 2 is 2.00 bits per heavy atom. The fraction of sp³-hybridized carbons (Fsp3) is 0.235. The van der Waals surface area contributed by atoms with Crippen molar-refractivity contribution < 1.29 is 14.6 Å². The molecule has 0 radical (unpaired) electrons. The number of hydrogen-bond acceptors (Lipinski definition) is 4. The predicted octanol–water partition coefficient (Wildman–Crippen LogP) is 2.47. The van der Waals surface area contributed by atoms with E-state index in [-0.39, 0.29) is 5.75 Å². The lowest BCUT2D eigenvalue weighted by Gasteiger charge is -2.11. The maximum absolute atomic E-state index is 9.75. The highest BCUT2D eigenvalue weighted by Crippen LogP contribution is 2.26. The number of nitrogens with two attached hydrogens (primary N) is 1. The largest absolute Gasteiger partial charge is 0.504 e. The summed E-state index contributed by atoms with van der Waals surface area (Å²) in [5.74, 6) is 0.804. The third-order valence-electron chi connectivity index (χ3n) is 3.26. The molecule has 0 bridgehead atoms. The van der Waals surface area contributed by atoms with Crippen molar-refractivity contribution in [3.8, 4) is 11.5 Å². The number of hydrogen-bond donors (Lipinski definition) is 3. The van der Waals surface area contributed by atoms with Crippen molar-refractivity contribution in [3.05, 3.63) is 53.6 Å². The van der Waals surface area contributed by atoms with Crippen molar-refractivity contribution in [2.45, 2.75) is 13.2 Å². The van der Waals surface area contributed by atoms with E-state index >= 15 is 0 Å². The molecule has 0 aliphatic heterocycles. The number of anilines is 1. The van der Waals surface area contributed by atoms with Gasteiger partial charge in [0.1, 0.15) is 0 Å². The van der Waals surface area contributed by atoms with E-state index in [9.17, 15) is 5.11 Å². The molecule has 0 spiro atoms. The molecule has 0 saturated carbocycles. The molecule has 0 aliphatic rings. The number of benzene rings is 2. The van der Waals surface area contributed by atoms with E-state index in [1.165, 1.54) is 7.11 Å². The van der Waals surface area contributed by atoms with Crippen LogP contribution >= 0.6 is 0 Å². The fourth-order valence-electron chi connectivity index (χ4n) is 2.11. The van der Waals surface area contributed by atoms with Crippen molar-refractivity contribution in [3.63, 3.8) is 0 Å². The number of para-hydroxylation sites is 1. The number of aliphatic imine (C=N–C) groups is 1. The highest BCUT2D eigenvalue weighted by Gasteiger charge is 2.04. The number of methoxy groups -OCH3 is 2. The Bertz CT molecular complexity index is 687. The van der Waals surface area contributed by atoms with Gasteiger partial charge in [-0.25, -0.2) is 4.99 Å². The van der Waals surface area contributed by atoms with Crippen LogP contribution in [-0.4, -0.2) is 25.3 Å². The zero-order valence-electron chi connectivity index (χ0n) is 13.2. The SMILES string of the molecule is COCc1ccccc1NC(N)=NCc1ccc(OC)c(O)c1. The molecule has 0 aliphatic carbocycles. The lowest BCUT2D eigenvalue weighted by molar-refractivity contribution is 0.185. The van der Waals surface area contributed by atoms with E-state index in [4.69, 9.17) is 15.2 Å². The van der Waals surface area contributed by atoms with Gasteiger partial charge in [-0.1, -0.05) is 24.3 Å². The molecule has 122 valence electrons. The molecule has 0 atom stereocenters. The molecule has 2 aromatic carbocycles. The van der Waals surface area contributed by atoms with Crippen molar-refractivity contribution in [2.75, 3.05) is 19.5 Å². The van der Waals surface area contributed by atoms with E-state index in [0.717, 1.165) is 16.8 Å². The first kappa shape index (κ1) is 16.6. The Morgan fingerprint density at radius 3 is 2.70 bits per heavy atom. The Balaban J connectivity index is 2.04. The summed E-state index contributed by atoms with van der Waals surface area (Å²) in [5, 5.41) is 12.8. The van der Waals surface area contributed by atoms with Crippen LogP contribution in [0.4, 0.5) is 5.69 Å². The van der Waals surface area contributed by atoms with Gasteiger partial charge < -0.3 is 25.6 Å². The van der Waals surface area contributed by atoms with Gasteiger partial charge in [-0.05, 0) is 23.8 Å². The zero-order chi connectivity index (χ0) is 16.7. The molecule has 4 N–H and O–H groups in total. The van der Waals surface area contributed by atoms with Crippen LogP contribution in [0, 0.1) is 0 Å². The van der Waals surface area contributed by atoms with E-state index in [1.807, 2.05) is 30.3 Å². The van der Waals surface area contributed by atoms with E-state index in [2.05, 4.69) is 10.3 Å². The molecule has 6 nitrogen and oxygen atoms in total. The molecule has 23 heavy (non-hydrogen) atoms. The van der Waals surface area contributed by atoms with Gasteiger partial charge in [-0.3, -0.25) is 0 Å². The van der Waals surface area contributed by atoms with E-state index < -0.39 is 0 Å². The first-order valence-electron chi connectivity index (χ1n) is 7.13. The van der Waals surface area contributed by atoms with Crippen LogP contribution in [0.5, 0.6) is 11.5 Å². The average Bonchev–Trinajstić information content (AvgIpc) is 2.55. The number of nitrogens with zero attached hydrogens (tertiary/aromatic N) is 1. The summed E-state index contributed by atoms with van der Waals surface area (Å²) in [6.07, 6.45) is 0. The van der Waals surface area contributed by atoms with Crippen molar-refractivity contribution >= 4 is 11.6 Å². The van der Waals surface area contributed by atoms with Gasteiger partial charge in [0, 0.05) is 18.4 Å². The second-order valence-electron chi connectivity index (χ2n) is 4.92. The summed E-state index contributed by atoms with van der Waals surface area (Å²) in [7, 11) is 3.15. The van der Waals surface area contributed by atoms with E-state index in [1.54, 1.807) is 19.2 Å². The van der Waals surface area contributed by atoms with Crippen molar-refractivity contribution in [1.82, 2.24) is 0 Å². The third kappa shape index (κ3) is 4.62. The number of aromatic hydroxyl groups is 1. The minimum Gasteiger partial charge on any atom is -0.504 e. The van der Waals surface area contributed by atoms with Crippen LogP contribution in [0.3, 0.4) is 0 Å². The summed E-state index contributed by atoms with van der Waals surface area (Å²) in [5.41, 5.74) is 8.61. The van der Waals surface area contributed by atoms with Crippen LogP contribution in [-0.2, 0) is 17.9 Å². The smallest absolute Gasteiger partial charge is 0.193 e. The highest BCUT2D eigenvalue weighted by atomic mass is 16.5.